The fourth-order valence-corrected chi connectivity index (χ4v) is 1.41. The van der Waals surface area contributed by atoms with Crippen molar-refractivity contribution in [2.24, 2.45) is 0 Å². The van der Waals surface area contributed by atoms with Gasteiger partial charge in [-0.15, -0.1) is 5.10 Å². The van der Waals surface area contributed by atoms with Crippen LogP contribution in [0.1, 0.15) is 11.4 Å². The van der Waals surface area contributed by atoms with Crippen molar-refractivity contribution in [3.05, 3.63) is 35.7 Å². The van der Waals surface area contributed by atoms with Crippen LogP contribution in [0.4, 0.5) is 0 Å². The smallest absolute Gasteiger partial charge is 0.311 e. The van der Waals surface area contributed by atoms with Gasteiger partial charge in [0.05, 0.1) is 5.69 Å². The molecule has 0 aliphatic carbocycles. The summed E-state index contributed by atoms with van der Waals surface area (Å²) in [5, 5.41) is 19.6. The van der Waals surface area contributed by atoms with E-state index in [1.54, 1.807) is 0 Å². The number of aliphatic carboxylic acids is 1. The highest BCUT2D eigenvalue weighted by atomic mass is 16.4. The minimum absolute atomic E-state index is 0.194. The lowest BCUT2D eigenvalue weighted by atomic mass is 10.2. The van der Waals surface area contributed by atoms with Crippen LogP contribution in [-0.4, -0.2) is 31.3 Å². The minimum atomic E-state index is -0.955. The summed E-state index contributed by atoms with van der Waals surface area (Å²) >= 11 is 0. The normalized spacial score (nSPS) is 10.3. The molecule has 0 aliphatic heterocycles. The standard InChI is InChI=1S/C10H10N4O2/c1-7-3-2-4-8(5-7)14-9(6-10(15)16)11-12-13-14/h2-5H,6H2,1H3,(H,15,16). The van der Waals surface area contributed by atoms with E-state index < -0.39 is 5.97 Å². The molecule has 6 nitrogen and oxygen atoms in total. The van der Waals surface area contributed by atoms with Crippen LogP contribution in [0.3, 0.4) is 0 Å². The summed E-state index contributed by atoms with van der Waals surface area (Å²) in [6, 6.07) is 7.54. The number of carboxylic acids is 1. The molecule has 0 atom stereocenters. The molecule has 1 aromatic carbocycles. The molecule has 1 aromatic heterocycles. The number of rotatable bonds is 3. The monoisotopic (exact) mass is 218 g/mol. The van der Waals surface area contributed by atoms with Crippen molar-refractivity contribution in [3.8, 4) is 5.69 Å². The molecule has 0 unspecified atom stereocenters. The second kappa shape index (κ2) is 4.09. The van der Waals surface area contributed by atoms with Crippen LogP contribution in [0.5, 0.6) is 0 Å². The Balaban J connectivity index is 2.40. The topological polar surface area (TPSA) is 80.9 Å². The van der Waals surface area contributed by atoms with E-state index in [9.17, 15) is 4.79 Å². The summed E-state index contributed by atoms with van der Waals surface area (Å²) in [7, 11) is 0. The van der Waals surface area contributed by atoms with Crippen LogP contribution in [0, 0.1) is 6.92 Å². The molecular weight excluding hydrogens is 208 g/mol. The van der Waals surface area contributed by atoms with Gasteiger partial charge >= 0.3 is 5.97 Å². The maximum atomic E-state index is 10.6. The van der Waals surface area contributed by atoms with Gasteiger partial charge in [0.25, 0.3) is 0 Å². The average molecular weight is 218 g/mol. The van der Waals surface area contributed by atoms with E-state index in [0.717, 1.165) is 11.3 Å². The second-order valence-electron chi connectivity index (χ2n) is 3.42. The summed E-state index contributed by atoms with van der Waals surface area (Å²) in [5.74, 6) is -0.637. The van der Waals surface area contributed by atoms with E-state index in [0.29, 0.717) is 5.82 Å². The van der Waals surface area contributed by atoms with Gasteiger partial charge in [0.1, 0.15) is 6.42 Å². The van der Waals surface area contributed by atoms with Gasteiger partial charge in [0.15, 0.2) is 5.82 Å². The number of hydrogen-bond donors (Lipinski definition) is 1. The molecular formula is C10H10N4O2. The molecule has 2 rings (SSSR count). The molecule has 1 heterocycles. The highest BCUT2D eigenvalue weighted by Crippen LogP contribution is 2.10. The van der Waals surface area contributed by atoms with Gasteiger partial charge in [-0.05, 0) is 35.0 Å². The fraction of sp³-hybridized carbons (Fsp3) is 0.200. The summed E-state index contributed by atoms with van der Waals surface area (Å²) in [6.45, 7) is 1.95. The molecule has 0 radical (unpaired) electrons. The Kier molecular flexibility index (Phi) is 2.63. The summed E-state index contributed by atoms with van der Waals surface area (Å²) in [5.41, 5.74) is 1.83. The van der Waals surface area contributed by atoms with Gasteiger partial charge in [0.2, 0.25) is 0 Å². The van der Waals surface area contributed by atoms with E-state index in [-0.39, 0.29) is 6.42 Å². The molecule has 82 valence electrons. The predicted octanol–water partition coefficient (Wildman–Crippen LogP) is 0.598. The number of carboxylic acid groups (broad SMARTS) is 1. The highest BCUT2D eigenvalue weighted by molar-refractivity contribution is 5.69. The van der Waals surface area contributed by atoms with Crippen molar-refractivity contribution >= 4 is 5.97 Å². The summed E-state index contributed by atoms with van der Waals surface area (Å²) < 4.78 is 1.43. The van der Waals surface area contributed by atoms with E-state index in [1.807, 2.05) is 31.2 Å². The van der Waals surface area contributed by atoms with Crippen LogP contribution < -0.4 is 0 Å². The lowest BCUT2D eigenvalue weighted by Crippen LogP contribution is -2.09. The maximum Gasteiger partial charge on any atom is 0.311 e. The number of aromatic nitrogens is 4. The van der Waals surface area contributed by atoms with Crippen LogP contribution in [0.15, 0.2) is 24.3 Å². The van der Waals surface area contributed by atoms with Crippen LogP contribution >= 0.6 is 0 Å². The Morgan fingerprint density at radius 3 is 3.00 bits per heavy atom. The number of aryl methyl sites for hydroxylation is 1. The number of hydrogen-bond acceptors (Lipinski definition) is 4. The van der Waals surface area contributed by atoms with Gasteiger partial charge in [-0.25, -0.2) is 0 Å². The molecule has 0 saturated heterocycles. The SMILES string of the molecule is Cc1cccc(-n2nnnc2CC(=O)O)c1. The minimum Gasteiger partial charge on any atom is -0.481 e. The Morgan fingerprint density at radius 2 is 2.31 bits per heavy atom. The van der Waals surface area contributed by atoms with Crippen molar-refractivity contribution < 1.29 is 9.90 Å². The molecule has 16 heavy (non-hydrogen) atoms. The van der Waals surface area contributed by atoms with Crippen LogP contribution in [-0.2, 0) is 11.2 Å². The van der Waals surface area contributed by atoms with Gasteiger partial charge in [-0.3, -0.25) is 4.79 Å². The third-order valence-electron chi connectivity index (χ3n) is 2.09. The predicted molar refractivity (Wildman–Crippen MR) is 55.2 cm³/mol. The van der Waals surface area contributed by atoms with Gasteiger partial charge in [0, 0.05) is 0 Å². The van der Waals surface area contributed by atoms with Crippen LogP contribution in [0.25, 0.3) is 5.69 Å². The van der Waals surface area contributed by atoms with Crippen molar-refractivity contribution in [3.63, 3.8) is 0 Å². The van der Waals surface area contributed by atoms with Crippen molar-refractivity contribution in [1.82, 2.24) is 20.2 Å². The molecule has 2 aromatic rings. The van der Waals surface area contributed by atoms with E-state index in [1.165, 1.54) is 4.68 Å². The number of carbonyl (C=O) groups is 1. The largest absolute Gasteiger partial charge is 0.481 e. The summed E-state index contributed by atoms with van der Waals surface area (Å²) in [4.78, 5) is 10.6. The Bertz CT molecular complexity index is 521. The van der Waals surface area contributed by atoms with Gasteiger partial charge < -0.3 is 5.11 Å². The molecule has 0 fully saturated rings. The third kappa shape index (κ3) is 2.05. The zero-order chi connectivity index (χ0) is 11.5. The molecule has 0 amide bonds. The second-order valence-corrected chi connectivity index (χ2v) is 3.42. The number of tetrazole rings is 1. The van der Waals surface area contributed by atoms with Crippen molar-refractivity contribution in [1.29, 1.82) is 0 Å². The Labute approximate surface area is 91.5 Å². The zero-order valence-corrected chi connectivity index (χ0v) is 8.66. The first kappa shape index (κ1) is 10.3. The first-order valence-electron chi connectivity index (χ1n) is 4.73. The van der Waals surface area contributed by atoms with E-state index in [4.69, 9.17) is 5.11 Å². The lowest BCUT2D eigenvalue weighted by molar-refractivity contribution is -0.136. The van der Waals surface area contributed by atoms with Gasteiger partial charge in [-0.1, -0.05) is 12.1 Å². The third-order valence-corrected chi connectivity index (χ3v) is 2.09. The average Bonchev–Trinajstić information content (AvgIpc) is 2.65. The van der Waals surface area contributed by atoms with Crippen molar-refractivity contribution in [2.45, 2.75) is 13.3 Å². The molecule has 6 heteroatoms. The highest BCUT2D eigenvalue weighted by Gasteiger charge is 2.11. The first-order chi connectivity index (χ1) is 7.66. The number of benzene rings is 1. The van der Waals surface area contributed by atoms with Crippen LogP contribution in [0.2, 0.25) is 0 Å². The molecule has 0 spiro atoms. The van der Waals surface area contributed by atoms with E-state index >= 15 is 0 Å². The fourth-order valence-electron chi connectivity index (χ4n) is 1.41. The van der Waals surface area contributed by atoms with Crippen molar-refractivity contribution in [2.75, 3.05) is 0 Å². The molecule has 0 saturated carbocycles. The molecule has 0 aliphatic rings. The first-order valence-corrected chi connectivity index (χ1v) is 4.73. The quantitative estimate of drug-likeness (QED) is 0.815. The Morgan fingerprint density at radius 1 is 1.50 bits per heavy atom. The summed E-state index contributed by atoms with van der Waals surface area (Å²) in [6.07, 6.45) is -0.194. The maximum absolute atomic E-state index is 10.6. The number of nitrogens with zero attached hydrogens (tertiary/aromatic N) is 4. The molecule has 0 bridgehead atoms. The van der Waals surface area contributed by atoms with Gasteiger partial charge in [-0.2, -0.15) is 4.68 Å². The zero-order valence-electron chi connectivity index (χ0n) is 8.66. The molecule has 1 N–H and O–H groups in total. The lowest BCUT2D eigenvalue weighted by Gasteiger charge is -2.03. The Hall–Kier alpha value is -2.24. The van der Waals surface area contributed by atoms with E-state index in [2.05, 4.69) is 15.5 Å².